The standard InChI is InChI=1S/C15H15N3S/c1-16-15-12(6-4-8-17-15)10-19-14-9-11-5-2-3-7-13(11)18-14/h2-9,18H,10H2,1H3,(H,16,17). The van der Waals surface area contributed by atoms with Gasteiger partial charge in [0.25, 0.3) is 0 Å². The quantitative estimate of drug-likeness (QED) is 0.706. The molecular formula is C15H15N3S. The largest absolute Gasteiger partial charge is 0.373 e. The predicted octanol–water partition coefficient (Wildman–Crippen LogP) is 3.90. The van der Waals surface area contributed by atoms with Crippen LogP contribution in [0.3, 0.4) is 0 Å². The molecule has 0 saturated carbocycles. The normalized spacial score (nSPS) is 10.8. The Balaban J connectivity index is 1.78. The lowest BCUT2D eigenvalue weighted by Crippen LogP contribution is -1.96. The molecule has 0 amide bonds. The van der Waals surface area contributed by atoms with E-state index in [0.29, 0.717) is 0 Å². The van der Waals surface area contributed by atoms with Crippen molar-refractivity contribution in [1.82, 2.24) is 9.97 Å². The zero-order valence-electron chi connectivity index (χ0n) is 10.7. The summed E-state index contributed by atoms with van der Waals surface area (Å²) in [7, 11) is 1.90. The first-order valence-corrected chi connectivity index (χ1v) is 7.17. The summed E-state index contributed by atoms with van der Waals surface area (Å²) in [6.07, 6.45) is 1.81. The van der Waals surface area contributed by atoms with Crippen LogP contribution in [0.25, 0.3) is 10.9 Å². The van der Waals surface area contributed by atoms with E-state index < -0.39 is 0 Å². The summed E-state index contributed by atoms with van der Waals surface area (Å²) in [5.74, 6) is 1.85. The van der Waals surface area contributed by atoms with Gasteiger partial charge in [0, 0.05) is 35.5 Å². The fraction of sp³-hybridized carbons (Fsp3) is 0.133. The number of aromatic nitrogens is 2. The van der Waals surface area contributed by atoms with Crippen LogP contribution in [0.1, 0.15) is 5.56 Å². The summed E-state index contributed by atoms with van der Waals surface area (Å²) in [6, 6.07) is 14.6. The minimum Gasteiger partial charge on any atom is -0.373 e. The van der Waals surface area contributed by atoms with E-state index in [2.05, 4.69) is 45.6 Å². The van der Waals surface area contributed by atoms with Crippen LogP contribution in [0.15, 0.2) is 53.7 Å². The lowest BCUT2D eigenvalue weighted by atomic mass is 10.3. The Hall–Kier alpha value is -1.94. The molecule has 1 aromatic carbocycles. The lowest BCUT2D eigenvalue weighted by molar-refractivity contribution is 1.20. The number of nitrogens with one attached hydrogen (secondary N) is 2. The maximum Gasteiger partial charge on any atom is 0.129 e. The summed E-state index contributed by atoms with van der Waals surface area (Å²) < 4.78 is 0. The number of benzene rings is 1. The second kappa shape index (κ2) is 5.36. The van der Waals surface area contributed by atoms with Crippen molar-refractivity contribution in [2.24, 2.45) is 0 Å². The molecule has 0 aliphatic rings. The molecule has 0 atom stereocenters. The molecule has 0 fully saturated rings. The summed E-state index contributed by atoms with van der Waals surface area (Å²) in [5.41, 5.74) is 2.40. The molecule has 0 spiro atoms. The van der Waals surface area contributed by atoms with Crippen molar-refractivity contribution in [3.8, 4) is 0 Å². The van der Waals surface area contributed by atoms with Crippen LogP contribution >= 0.6 is 11.8 Å². The summed E-state index contributed by atoms with van der Waals surface area (Å²) in [6.45, 7) is 0. The van der Waals surface area contributed by atoms with Crippen molar-refractivity contribution >= 4 is 28.5 Å². The Morgan fingerprint density at radius 3 is 2.95 bits per heavy atom. The number of hydrogen-bond acceptors (Lipinski definition) is 3. The minimum absolute atomic E-state index is 0.900. The van der Waals surface area contributed by atoms with Gasteiger partial charge in [-0.3, -0.25) is 0 Å². The van der Waals surface area contributed by atoms with Gasteiger partial charge in [-0.25, -0.2) is 4.98 Å². The highest BCUT2D eigenvalue weighted by Gasteiger charge is 2.04. The van der Waals surface area contributed by atoms with Crippen LogP contribution in [-0.4, -0.2) is 17.0 Å². The Bertz CT molecular complexity index is 657. The van der Waals surface area contributed by atoms with Gasteiger partial charge in [-0.05, 0) is 18.2 Å². The van der Waals surface area contributed by atoms with Crippen molar-refractivity contribution in [2.75, 3.05) is 12.4 Å². The molecule has 0 unspecified atom stereocenters. The van der Waals surface area contributed by atoms with Crippen LogP contribution in [0.5, 0.6) is 0 Å². The number of H-pyrrole nitrogens is 1. The molecule has 2 heterocycles. The van der Waals surface area contributed by atoms with Crippen molar-refractivity contribution in [1.29, 1.82) is 0 Å². The third-order valence-corrected chi connectivity index (χ3v) is 4.00. The third-order valence-electron chi connectivity index (χ3n) is 3.02. The number of pyridine rings is 1. The fourth-order valence-corrected chi connectivity index (χ4v) is 3.00. The molecule has 19 heavy (non-hydrogen) atoms. The molecule has 0 aliphatic heterocycles. The SMILES string of the molecule is CNc1ncccc1CSc1cc2ccccc2[nH]1. The first kappa shape index (κ1) is 12.1. The topological polar surface area (TPSA) is 40.7 Å². The Morgan fingerprint density at radius 2 is 2.11 bits per heavy atom. The van der Waals surface area contributed by atoms with E-state index in [9.17, 15) is 0 Å². The summed E-state index contributed by atoms with van der Waals surface area (Å²) in [4.78, 5) is 7.74. The van der Waals surface area contributed by atoms with Crippen molar-refractivity contribution in [2.45, 2.75) is 10.8 Å². The van der Waals surface area contributed by atoms with Gasteiger partial charge in [-0.15, -0.1) is 11.8 Å². The summed E-state index contributed by atoms with van der Waals surface area (Å²) in [5, 5.41) is 5.57. The highest BCUT2D eigenvalue weighted by atomic mass is 32.2. The second-order valence-corrected chi connectivity index (χ2v) is 5.29. The highest BCUT2D eigenvalue weighted by molar-refractivity contribution is 7.98. The molecule has 2 aromatic heterocycles. The van der Waals surface area contributed by atoms with Crippen molar-refractivity contribution < 1.29 is 0 Å². The fourth-order valence-electron chi connectivity index (χ4n) is 2.06. The van der Waals surface area contributed by atoms with Crippen LogP contribution in [0.4, 0.5) is 5.82 Å². The van der Waals surface area contributed by atoms with Gasteiger partial charge < -0.3 is 10.3 Å². The smallest absolute Gasteiger partial charge is 0.129 e. The first-order chi connectivity index (χ1) is 9.36. The van der Waals surface area contributed by atoms with Gasteiger partial charge in [0.05, 0.1) is 5.03 Å². The number of rotatable bonds is 4. The zero-order chi connectivity index (χ0) is 13.1. The Kier molecular flexibility index (Phi) is 3.42. The number of fused-ring (bicyclic) bond motifs is 1. The van der Waals surface area contributed by atoms with Gasteiger partial charge in [0.15, 0.2) is 0 Å². The lowest BCUT2D eigenvalue weighted by Gasteiger charge is -2.06. The van der Waals surface area contributed by atoms with E-state index in [1.165, 1.54) is 21.5 Å². The number of aromatic amines is 1. The van der Waals surface area contributed by atoms with Crippen LogP contribution in [-0.2, 0) is 5.75 Å². The number of anilines is 1. The number of thioether (sulfide) groups is 1. The maximum absolute atomic E-state index is 4.32. The zero-order valence-corrected chi connectivity index (χ0v) is 11.5. The van der Waals surface area contributed by atoms with Crippen LogP contribution in [0, 0.1) is 0 Å². The van der Waals surface area contributed by atoms with Crippen LogP contribution < -0.4 is 5.32 Å². The average Bonchev–Trinajstić information content (AvgIpc) is 2.88. The molecule has 96 valence electrons. The highest BCUT2D eigenvalue weighted by Crippen LogP contribution is 2.27. The van der Waals surface area contributed by atoms with Crippen molar-refractivity contribution in [3.63, 3.8) is 0 Å². The minimum atomic E-state index is 0.900. The molecular weight excluding hydrogens is 254 g/mol. The van der Waals surface area contributed by atoms with Gasteiger partial charge in [0.1, 0.15) is 5.82 Å². The Labute approximate surface area is 116 Å². The van der Waals surface area contributed by atoms with E-state index in [1.54, 1.807) is 11.8 Å². The van der Waals surface area contributed by atoms with E-state index in [0.717, 1.165) is 11.6 Å². The molecule has 3 aromatic rings. The monoisotopic (exact) mass is 269 g/mol. The molecule has 3 rings (SSSR count). The number of para-hydroxylation sites is 1. The van der Waals surface area contributed by atoms with Gasteiger partial charge in [0.2, 0.25) is 0 Å². The first-order valence-electron chi connectivity index (χ1n) is 6.19. The van der Waals surface area contributed by atoms with E-state index >= 15 is 0 Å². The van der Waals surface area contributed by atoms with Gasteiger partial charge >= 0.3 is 0 Å². The third kappa shape index (κ3) is 2.58. The Morgan fingerprint density at radius 1 is 1.21 bits per heavy atom. The van der Waals surface area contributed by atoms with E-state index in [-0.39, 0.29) is 0 Å². The predicted molar refractivity (Wildman–Crippen MR) is 81.6 cm³/mol. The number of nitrogens with zero attached hydrogens (tertiary/aromatic N) is 1. The molecule has 4 heteroatoms. The number of hydrogen-bond donors (Lipinski definition) is 2. The van der Waals surface area contributed by atoms with Gasteiger partial charge in [-0.2, -0.15) is 0 Å². The van der Waals surface area contributed by atoms with Gasteiger partial charge in [-0.1, -0.05) is 24.3 Å². The molecule has 3 nitrogen and oxygen atoms in total. The van der Waals surface area contributed by atoms with E-state index in [1.807, 2.05) is 25.4 Å². The van der Waals surface area contributed by atoms with Crippen molar-refractivity contribution in [3.05, 3.63) is 54.2 Å². The maximum atomic E-state index is 4.32. The average molecular weight is 269 g/mol. The second-order valence-electron chi connectivity index (χ2n) is 4.27. The molecule has 2 N–H and O–H groups in total. The molecule has 0 radical (unpaired) electrons. The molecule has 0 aliphatic carbocycles. The molecule has 0 saturated heterocycles. The van der Waals surface area contributed by atoms with Crippen LogP contribution in [0.2, 0.25) is 0 Å². The summed E-state index contributed by atoms with van der Waals surface area (Å²) >= 11 is 1.79. The van der Waals surface area contributed by atoms with E-state index in [4.69, 9.17) is 0 Å². The molecule has 0 bridgehead atoms.